The summed E-state index contributed by atoms with van der Waals surface area (Å²) >= 11 is 0. The lowest BCUT2D eigenvalue weighted by Gasteiger charge is -2.22. The molecule has 0 bridgehead atoms. The molecule has 0 amide bonds. The summed E-state index contributed by atoms with van der Waals surface area (Å²) in [6.45, 7) is 24.8. The average molecular weight is 311 g/mol. The second-order valence-corrected chi connectivity index (χ2v) is 6.95. The lowest BCUT2D eigenvalue weighted by Crippen LogP contribution is -2.11. The minimum Gasteiger partial charge on any atom is -0.103 e. The zero-order chi connectivity index (χ0) is 18.0. The van der Waals surface area contributed by atoms with Gasteiger partial charge < -0.3 is 0 Å². The summed E-state index contributed by atoms with van der Waals surface area (Å²) in [5, 5.41) is 0. The Morgan fingerprint density at radius 2 is 0.864 bits per heavy atom. The Bertz CT molecular complexity index is 192. The van der Waals surface area contributed by atoms with Crippen molar-refractivity contribution in [3.8, 4) is 0 Å². The molecule has 0 aliphatic heterocycles. The number of allylic oxidation sites excluding steroid dienone is 2. The molecule has 4 unspecified atom stereocenters. The highest BCUT2D eigenvalue weighted by atomic mass is 14.2. The molecule has 0 heteroatoms. The third kappa shape index (κ3) is 21.8. The van der Waals surface area contributed by atoms with Crippen LogP contribution in [0.15, 0.2) is 25.3 Å². The molecule has 0 nitrogen and oxygen atoms in total. The summed E-state index contributed by atoms with van der Waals surface area (Å²) in [4.78, 5) is 0. The molecule has 22 heavy (non-hydrogen) atoms. The van der Waals surface area contributed by atoms with Crippen LogP contribution in [0.25, 0.3) is 0 Å². The standard InChI is InChI=1S/C16H34.2C3H6/c1-7-13(3)9-11-15(5)16(6)12-10-14(4)8-2;2*1-3-2/h13-16H,7-12H2,1-6H3;2*3H,1H2,2H3. The van der Waals surface area contributed by atoms with Gasteiger partial charge >= 0.3 is 0 Å². The molecule has 0 spiro atoms. The van der Waals surface area contributed by atoms with E-state index in [1.165, 1.54) is 38.5 Å². The fourth-order valence-electron chi connectivity index (χ4n) is 2.07. The van der Waals surface area contributed by atoms with E-state index in [-0.39, 0.29) is 0 Å². The molecule has 0 fully saturated rings. The maximum atomic E-state index is 3.36. The van der Waals surface area contributed by atoms with Gasteiger partial charge in [0.15, 0.2) is 0 Å². The van der Waals surface area contributed by atoms with Gasteiger partial charge in [-0.2, -0.15) is 0 Å². The SMILES string of the molecule is C=CC.C=CC.CCC(C)CCC(C)C(C)CCC(C)CC. The van der Waals surface area contributed by atoms with Crippen LogP contribution in [0.4, 0.5) is 0 Å². The van der Waals surface area contributed by atoms with Gasteiger partial charge in [0, 0.05) is 0 Å². The Labute approximate surface area is 143 Å². The minimum absolute atomic E-state index is 0.915. The molecule has 0 N–H and O–H groups in total. The molecule has 134 valence electrons. The smallest absolute Gasteiger partial charge is 0.0417 e. The van der Waals surface area contributed by atoms with E-state index in [4.69, 9.17) is 0 Å². The van der Waals surface area contributed by atoms with Gasteiger partial charge in [0.1, 0.15) is 0 Å². The molecule has 0 aromatic carbocycles. The van der Waals surface area contributed by atoms with Crippen molar-refractivity contribution in [2.75, 3.05) is 0 Å². The van der Waals surface area contributed by atoms with Gasteiger partial charge in [0.2, 0.25) is 0 Å². The van der Waals surface area contributed by atoms with Crippen LogP contribution in [-0.2, 0) is 0 Å². The van der Waals surface area contributed by atoms with Crippen molar-refractivity contribution in [3.63, 3.8) is 0 Å². The van der Waals surface area contributed by atoms with Gasteiger partial charge in [-0.1, -0.05) is 92.2 Å². The molecular weight excluding hydrogens is 264 g/mol. The zero-order valence-corrected chi connectivity index (χ0v) is 17.1. The first-order chi connectivity index (χ1) is 10.3. The van der Waals surface area contributed by atoms with Crippen LogP contribution in [0.1, 0.15) is 93.9 Å². The molecule has 0 rings (SSSR count). The second-order valence-electron chi connectivity index (χ2n) is 6.95. The largest absolute Gasteiger partial charge is 0.103 e. The predicted molar refractivity (Wildman–Crippen MR) is 107 cm³/mol. The van der Waals surface area contributed by atoms with Crippen LogP contribution in [0.5, 0.6) is 0 Å². The Hall–Kier alpha value is -0.520. The quantitative estimate of drug-likeness (QED) is 0.376. The Morgan fingerprint density at radius 1 is 0.636 bits per heavy atom. The highest BCUT2D eigenvalue weighted by Gasteiger charge is 2.14. The number of hydrogen-bond donors (Lipinski definition) is 0. The van der Waals surface area contributed by atoms with Crippen LogP contribution in [-0.4, -0.2) is 0 Å². The van der Waals surface area contributed by atoms with Crippen molar-refractivity contribution >= 4 is 0 Å². The minimum atomic E-state index is 0.915. The van der Waals surface area contributed by atoms with Crippen molar-refractivity contribution in [2.45, 2.75) is 93.9 Å². The highest BCUT2D eigenvalue weighted by Crippen LogP contribution is 2.26. The fraction of sp³-hybridized carbons (Fsp3) is 0.818. The van der Waals surface area contributed by atoms with Gasteiger partial charge in [-0.15, -0.1) is 13.2 Å². The molecule has 0 aliphatic carbocycles. The first-order valence-corrected chi connectivity index (χ1v) is 9.48. The van der Waals surface area contributed by atoms with E-state index >= 15 is 0 Å². The summed E-state index contributed by atoms with van der Waals surface area (Å²) in [5.74, 6) is 3.67. The Morgan fingerprint density at radius 3 is 1.05 bits per heavy atom. The molecule has 0 aliphatic rings. The van der Waals surface area contributed by atoms with Gasteiger partial charge in [0.25, 0.3) is 0 Å². The summed E-state index contributed by atoms with van der Waals surface area (Å²) in [6, 6.07) is 0. The van der Waals surface area contributed by atoms with E-state index in [2.05, 4.69) is 54.7 Å². The monoisotopic (exact) mass is 310 g/mol. The summed E-state index contributed by atoms with van der Waals surface area (Å²) < 4.78 is 0. The van der Waals surface area contributed by atoms with Crippen molar-refractivity contribution in [1.29, 1.82) is 0 Å². The predicted octanol–water partition coefficient (Wildman–Crippen LogP) is 8.30. The van der Waals surface area contributed by atoms with Crippen LogP contribution >= 0.6 is 0 Å². The maximum absolute atomic E-state index is 3.36. The van der Waals surface area contributed by atoms with Crippen molar-refractivity contribution in [3.05, 3.63) is 25.3 Å². The molecule has 0 saturated carbocycles. The van der Waals surface area contributed by atoms with Crippen molar-refractivity contribution < 1.29 is 0 Å². The average Bonchev–Trinajstić information content (AvgIpc) is 2.50. The molecule has 0 radical (unpaired) electrons. The van der Waals surface area contributed by atoms with Crippen LogP contribution in [0, 0.1) is 23.7 Å². The third-order valence-electron chi connectivity index (χ3n) is 4.59. The summed E-state index contributed by atoms with van der Waals surface area (Å²) in [6.07, 6.45) is 11.9. The lowest BCUT2D eigenvalue weighted by molar-refractivity contribution is 0.293. The molecule has 0 aromatic rings. The molecule has 0 heterocycles. The molecule has 0 aromatic heterocycles. The normalized spacial score (nSPS) is 15.1. The first-order valence-electron chi connectivity index (χ1n) is 9.48. The van der Waals surface area contributed by atoms with E-state index in [0.717, 1.165) is 23.7 Å². The number of rotatable bonds is 9. The summed E-state index contributed by atoms with van der Waals surface area (Å²) in [5.41, 5.74) is 0. The van der Waals surface area contributed by atoms with Crippen molar-refractivity contribution in [1.82, 2.24) is 0 Å². The second kappa shape index (κ2) is 20.5. The zero-order valence-electron chi connectivity index (χ0n) is 17.1. The Balaban J connectivity index is -0.000000515. The molecule has 4 atom stereocenters. The van der Waals surface area contributed by atoms with Gasteiger partial charge in [-0.25, -0.2) is 0 Å². The van der Waals surface area contributed by atoms with E-state index in [0.29, 0.717) is 0 Å². The molecule has 0 saturated heterocycles. The first kappa shape index (κ1) is 26.4. The van der Waals surface area contributed by atoms with E-state index in [1.54, 1.807) is 12.2 Å². The Kier molecular flexibility index (Phi) is 24.6. The van der Waals surface area contributed by atoms with E-state index in [1.807, 2.05) is 13.8 Å². The molecular formula is C22H46. The number of hydrogen-bond acceptors (Lipinski definition) is 0. The topological polar surface area (TPSA) is 0 Å². The maximum Gasteiger partial charge on any atom is -0.0417 e. The lowest BCUT2D eigenvalue weighted by atomic mass is 9.84. The van der Waals surface area contributed by atoms with Gasteiger partial charge in [-0.3, -0.25) is 0 Å². The van der Waals surface area contributed by atoms with E-state index in [9.17, 15) is 0 Å². The highest BCUT2D eigenvalue weighted by molar-refractivity contribution is 4.65. The third-order valence-corrected chi connectivity index (χ3v) is 4.59. The van der Waals surface area contributed by atoms with E-state index < -0.39 is 0 Å². The van der Waals surface area contributed by atoms with Crippen LogP contribution < -0.4 is 0 Å². The van der Waals surface area contributed by atoms with Gasteiger partial charge in [-0.05, 0) is 37.5 Å². The van der Waals surface area contributed by atoms with Crippen LogP contribution in [0.2, 0.25) is 0 Å². The van der Waals surface area contributed by atoms with Crippen molar-refractivity contribution in [2.24, 2.45) is 23.7 Å². The summed E-state index contributed by atoms with van der Waals surface area (Å²) in [7, 11) is 0. The fourth-order valence-corrected chi connectivity index (χ4v) is 2.07. The van der Waals surface area contributed by atoms with Gasteiger partial charge in [0.05, 0.1) is 0 Å². The van der Waals surface area contributed by atoms with Crippen LogP contribution in [0.3, 0.4) is 0 Å².